The minimum Gasteiger partial charge on any atom is -0.493 e. The summed E-state index contributed by atoms with van der Waals surface area (Å²) in [6, 6.07) is 12.2. The van der Waals surface area contributed by atoms with Crippen molar-refractivity contribution in [2.24, 2.45) is 0 Å². The van der Waals surface area contributed by atoms with Crippen LogP contribution >= 0.6 is 27.5 Å². The molecule has 0 fully saturated rings. The van der Waals surface area contributed by atoms with Crippen LogP contribution in [-0.2, 0) is 9.53 Å². The van der Waals surface area contributed by atoms with Crippen molar-refractivity contribution in [1.82, 2.24) is 5.32 Å². The number of halogens is 2. The SMILES string of the molecule is O=C(COC(=O)c1cc(Br)ccc1Cl)NC1CCOc2ccccc21. The van der Waals surface area contributed by atoms with E-state index in [1.807, 2.05) is 24.3 Å². The molecule has 1 aliphatic rings. The molecule has 1 atom stereocenters. The van der Waals surface area contributed by atoms with Crippen molar-refractivity contribution in [3.63, 3.8) is 0 Å². The number of para-hydroxylation sites is 1. The van der Waals surface area contributed by atoms with E-state index in [0.717, 1.165) is 11.3 Å². The topological polar surface area (TPSA) is 64.6 Å². The number of hydrogen-bond acceptors (Lipinski definition) is 4. The van der Waals surface area contributed by atoms with Crippen LogP contribution in [0.2, 0.25) is 5.02 Å². The number of hydrogen-bond donors (Lipinski definition) is 1. The van der Waals surface area contributed by atoms with Gasteiger partial charge in [0.15, 0.2) is 6.61 Å². The smallest absolute Gasteiger partial charge is 0.340 e. The van der Waals surface area contributed by atoms with Crippen molar-refractivity contribution < 1.29 is 19.1 Å². The van der Waals surface area contributed by atoms with Gasteiger partial charge in [-0.15, -0.1) is 0 Å². The highest BCUT2D eigenvalue weighted by atomic mass is 79.9. The van der Waals surface area contributed by atoms with Crippen LogP contribution in [0.5, 0.6) is 5.75 Å². The summed E-state index contributed by atoms with van der Waals surface area (Å²) in [7, 11) is 0. The number of carbonyl (C=O) groups excluding carboxylic acids is 2. The van der Waals surface area contributed by atoms with Gasteiger partial charge >= 0.3 is 5.97 Å². The summed E-state index contributed by atoms with van der Waals surface area (Å²) in [6.07, 6.45) is 0.661. The van der Waals surface area contributed by atoms with Gasteiger partial charge in [0, 0.05) is 16.5 Å². The lowest BCUT2D eigenvalue weighted by atomic mass is 10.0. The summed E-state index contributed by atoms with van der Waals surface area (Å²) >= 11 is 9.25. The molecule has 0 aromatic heterocycles. The second kappa shape index (κ2) is 7.89. The second-order valence-corrected chi connectivity index (χ2v) is 6.82. The van der Waals surface area contributed by atoms with Crippen LogP contribution in [0.4, 0.5) is 0 Å². The van der Waals surface area contributed by atoms with Gasteiger partial charge in [-0.25, -0.2) is 4.79 Å². The van der Waals surface area contributed by atoms with Crippen molar-refractivity contribution >= 4 is 39.4 Å². The molecule has 130 valence electrons. The third-order valence-corrected chi connectivity index (χ3v) is 4.60. The largest absolute Gasteiger partial charge is 0.493 e. The summed E-state index contributed by atoms with van der Waals surface area (Å²) in [6.45, 7) is 0.149. The second-order valence-electron chi connectivity index (χ2n) is 5.50. The maximum atomic E-state index is 12.1. The fourth-order valence-corrected chi connectivity index (χ4v) is 3.15. The van der Waals surface area contributed by atoms with E-state index in [4.69, 9.17) is 21.1 Å². The van der Waals surface area contributed by atoms with Crippen LogP contribution < -0.4 is 10.1 Å². The zero-order valence-electron chi connectivity index (χ0n) is 13.1. The molecule has 0 saturated heterocycles. The van der Waals surface area contributed by atoms with Crippen molar-refractivity contribution in [3.05, 3.63) is 63.1 Å². The van der Waals surface area contributed by atoms with Crippen molar-refractivity contribution in [2.45, 2.75) is 12.5 Å². The zero-order chi connectivity index (χ0) is 17.8. The number of ether oxygens (including phenoxy) is 2. The van der Waals surface area contributed by atoms with E-state index in [1.54, 1.807) is 18.2 Å². The normalized spacial score (nSPS) is 15.7. The molecule has 1 unspecified atom stereocenters. The molecule has 1 aliphatic heterocycles. The van der Waals surface area contributed by atoms with Crippen LogP contribution in [0.25, 0.3) is 0 Å². The summed E-state index contributed by atoms with van der Waals surface area (Å²) in [5, 5.41) is 3.14. The van der Waals surface area contributed by atoms with Gasteiger partial charge in [-0.05, 0) is 24.3 Å². The number of esters is 1. The molecule has 0 spiro atoms. The number of carbonyl (C=O) groups is 2. The fourth-order valence-electron chi connectivity index (χ4n) is 2.59. The highest BCUT2D eigenvalue weighted by Gasteiger charge is 2.23. The highest BCUT2D eigenvalue weighted by Crippen LogP contribution is 2.31. The quantitative estimate of drug-likeness (QED) is 0.756. The minimum absolute atomic E-state index is 0.161. The Morgan fingerprint density at radius 2 is 2.08 bits per heavy atom. The monoisotopic (exact) mass is 423 g/mol. The van der Waals surface area contributed by atoms with E-state index in [-0.39, 0.29) is 29.1 Å². The standard InChI is InChI=1S/C18H15BrClNO4/c19-11-5-6-14(20)13(9-11)18(23)25-10-17(22)21-15-7-8-24-16-4-2-1-3-12(15)16/h1-6,9,15H,7-8,10H2,(H,21,22). The van der Waals surface area contributed by atoms with Crippen molar-refractivity contribution in [1.29, 1.82) is 0 Å². The lowest BCUT2D eigenvalue weighted by Crippen LogP contribution is -2.35. The molecule has 0 bridgehead atoms. The number of amides is 1. The number of fused-ring (bicyclic) bond motifs is 1. The Balaban J connectivity index is 1.59. The maximum absolute atomic E-state index is 12.1. The van der Waals surface area contributed by atoms with E-state index in [2.05, 4.69) is 21.2 Å². The van der Waals surface area contributed by atoms with Crippen LogP contribution in [-0.4, -0.2) is 25.1 Å². The molecule has 1 amide bonds. The van der Waals surface area contributed by atoms with Gasteiger partial charge in [-0.1, -0.05) is 45.7 Å². The maximum Gasteiger partial charge on any atom is 0.340 e. The molecule has 2 aromatic carbocycles. The summed E-state index contributed by atoms with van der Waals surface area (Å²) in [5.74, 6) is -0.257. The first-order valence-electron chi connectivity index (χ1n) is 7.68. The van der Waals surface area contributed by atoms with Crippen LogP contribution in [0.15, 0.2) is 46.9 Å². The highest BCUT2D eigenvalue weighted by molar-refractivity contribution is 9.10. The van der Waals surface area contributed by atoms with E-state index >= 15 is 0 Å². The zero-order valence-corrected chi connectivity index (χ0v) is 15.5. The molecule has 1 N–H and O–H groups in total. The van der Waals surface area contributed by atoms with E-state index in [9.17, 15) is 9.59 Å². The Kier molecular flexibility index (Phi) is 5.60. The van der Waals surface area contributed by atoms with Gasteiger partial charge in [0.05, 0.1) is 23.2 Å². The van der Waals surface area contributed by atoms with Gasteiger partial charge in [0.1, 0.15) is 5.75 Å². The van der Waals surface area contributed by atoms with E-state index in [1.165, 1.54) is 0 Å². The van der Waals surface area contributed by atoms with Crippen LogP contribution in [0.3, 0.4) is 0 Å². The van der Waals surface area contributed by atoms with Crippen molar-refractivity contribution in [3.8, 4) is 5.75 Å². The molecular weight excluding hydrogens is 410 g/mol. The molecule has 3 rings (SSSR count). The number of rotatable bonds is 4. The molecule has 25 heavy (non-hydrogen) atoms. The third-order valence-electron chi connectivity index (χ3n) is 3.78. The Hall–Kier alpha value is -2.05. The molecule has 0 saturated carbocycles. The molecule has 0 radical (unpaired) electrons. The minimum atomic E-state index is -0.645. The van der Waals surface area contributed by atoms with Gasteiger partial charge in [0.2, 0.25) is 0 Å². The van der Waals surface area contributed by atoms with Gasteiger partial charge in [-0.3, -0.25) is 4.79 Å². The Bertz CT molecular complexity index is 811. The molecular formula is C18H15BrClNO4. The molecule has 1 heterocycles. The Labute approximate surface area is 158 Å². The first-order chi connectivity index (χ1) is 12.0. The summed E-state index contributed by atoms with van der Waals surface area (Å²) in [4.78, 5) is 24.2. The van der Waals surface area contributed by atoms with Crippen molar-refractivity contribution in [2.75, 3.05) is 13.2 Å². The van der Waals surface area contributed by atoms with Crippen LogP contribution in [0.1, 0.15) is 28.4 Å². The van der Waals surface area contributed by atoms with Gasteiger partial charge < -0.3 is 14.8 Å². The lowest BCUT2D eigenvalue weighted by Gasteiger charge is -2.26. The molecule has 5 nitrogen and oxygen atoms in total. The first-order valence-corrected chi connectivity index (χ1v) is 8.85. The summed E-state index contributed by atoms with van der Waals surface area (Å²) < 4.78 is 11.3. The molecule has 2 aromatic rings. The van der Waals surface area contributed by atoms with Gasteiger partial charge in [0.25, 0.3) is 5.91 Å². The lowest BCUT2D eigenvalue weighted by molar-refractivity contribution is -0.125. The number of benzene rings is 2. The molecule has 7 heteroatoms. The Morgan fingerprint density at radius 3 is 2.92 bits per heavy atom. The number of nitrogens with one attached hydrogen (secondary N) is 1. The van der Waals surface area contributed by atoms with E-state index in [0.29, 0.717) is 17.5 Å². The average molecular weight is 425 g/mol. The Morgan fingerprint density at radius 1 is 1.28 bits per heavy atom. The van der Waals surface area contributed by atoms with Crippen LogP contribution in [0, 0.1) is 0 Å². The molecule has 0 aliphatic carbocycles. The predicted molar refractivity (Wildman–Crippen MR) is 96.9 cm³/mol. The third kappa shape index (κ3) is 4.32. The van der Waals surface area contributed by atoms with E-state index < -0.39 is 5.97 Å². The summed E-state index contributed by atoms with van der Waals surface area (Å²) in [5.41, 5.74) is 1.13. The first kappa shape index (κ1) is 17.8. The predicted octanol–water partition coefficient (Wildman–Crippen LogP) is 3.90. The fraction of sp³-hybridized carbons (Fsp3) is 0.222. The average Bonchev–Trinajstić information content (AvgIpc) is 2.62. The van der Waals surface area contributed by atoms with Gasteiger partial charge in [-0.2, -0.15) is 0 Å².